The Labute approximate surface area is 157 Å². The molecule has 1 aliphatic rings. The molecule has 1 aromatic rings. The fourth-order valence-corrected chi connectivity index (χ4v) is 3.94. The van der Waals surface area contributed by atoms with Crippen LogP contribution < -0.4 is 10.9 Å². The summed E-state index contributed by atoms with van der Waals surface area (Å²) in [5.41, 5.74) is -0.152. The van der Waals surface area contributed by atoms with E-state index in [2.05, 4.69) is 29.9 Å². The van der Waals surface area contributed by atoms with Gasteiger partial charge in [-0.2, -0.15) is 0 Å². The zero-order chi connectivity index (χ0) is 19.6. The molecule has 0 radical (unpaired) electrons. The molecular formula is C16H26N3O5PS. The molecule has 0 aromatic carbocycles. The maximum atomic E-state index is 12.0. The maximum Gasteiger partial charge on any atom is 0.256 e. The minimum Gasteiger partial charge on any atom is -0.388 e. The highest BCUT2D eigenvalue weighted by molar-refractivity contribution is 7.72. The average molecular weight is 403 g/mol. The first kappa shape index (κ1) is 21.1. The Kier molecular flexibility index (Phi) is 6.63. The average Bonchev–Trinajstić information content (AvgIpc) is 2.79. The van der Waals surface area contributed by atoms with Crippen molar-refractivity contribution >= 4 is 31.3 Å². The monoisotopic (exact) mass is 403 g/mol. The summed E-state index contributed by atoms with van der Waals surface area (Å²) in [6.07, 6.45) is 3.28. The highest BCUT2D eigenvalue weighted by Gasteiger charge is 2.43. The third-order valence-electron chi connectivity index (χ3n) is 4.20. The van der Waals surface area contributed by atoms with Crippen molar-refractivity contribution in [1.82, 2.24) is 14.9 Å². The number of aliphatic hydroxyl groups is 2. The van der Waals surface area contributed by atoms with Crippen LogP contribution in [-0.2, 0) is 16.1 Å². The molecule has 4 atom stereocenters. The first-order chi connectivity index (χ1) is 12.0. The second-order valence-corrected chi connectivity index (χ2v) is 11.9. The largest absolute Gasteiger partial charge is 0.388 e. The van der Waals surface area contributed by atoms with Gasteiger partial charge in [-0.3, -0.25) is 19.1 Å². The lowest BCUT2D eigenvalue weighted by Gasteiger charge is -2.20. The maximum absolute atomic E-state index is 12.0. The summed E-state index contributed by atoms with van der Waals surface area (Å²) >= 11 is 5.17. The molecule has 0 saturated carbocycles. The Morgan fingerprint density at radius 2 is 2.12 bits per heavy atom. The van der Waals surface area contributed by atoms with Crippen molar-refractivity contribution in [3.8, 4) is 0 Å². The number of nitrogens with zero attached hydrogens (tertiary/aromatic N) is 1. The Morgan fingerprint density at radius 1 is 1.46 bits per heavy atom. The van der Waals surface area contributed by atoms with Crippen LogP contribution in [0.25, 0.3) is 0 Å². The minimum atomic E-state index is -1.29. The highest BCUT2D eigenvalue weighted by Crippen LogP contribution is 2.39. The number of carbonyl (C=O) groups is 1. The highest BCUT2D eigenvalue weighted by atomic mass is 32.1. The molecular weight excluding hydrogens is 377 g/mol. The number of H-pyrrole nitrogens is 1. The molecule has 2 rings (SSSR count). The van der Waals surface area contributed by atoms with E-state index >= 15 is 0 Å². The van der Waals surface area contributed by atoms with Crippen molar-refractivity contribution in [3.63, 3.8) is 0 Å². The van der Waals surface area contributed by atoms with Crippen LogP contribution in [0.3, 0.4) is 0 Å². The number of nitrogens with one attached hydrogen (secondary N) is 2. The standard InChI is InChI=1S/C16H26N3O5PS/c1-9(20)17-7-10-8-19(16(26)18-14(10)23)15-13(22)12(21)11(24-15)5-6-25(2,3)4/h8,11-13,15,21-22H,2,5-7H2,1,3-4H3,(H,17,20)(H,18,23,26)/t11?,12-,13-,15?/m1/s1. The van der Waals surface area contributed by atoms with E-state index < -0.39 is 37.0 Å². The van der Waals surface area contributed by atoms with Gasteiger partial charge in [-0.1, -0.05) is 0 Å². The Hall–Kier alpha value is -1.25. The van der Waals surface area contributed by atoms with E-state index in [4.69, 9.17) is 17.0 Å². The van der Waals surface area contributed by atoms with Crippen molar-refractivity contribution in [1.29, 1.82) is 0 Å². The zero-order valence-electron chi connectivity index (χ0n) is 15.1. The molecule has 0 spiro atoms. The van der Waals surface area contributed by atoms with E-state index in [-0.39, 0.29) is 22.8 Å². The second kappa shape index (κ2) is 8.19. The Balaban J connectivity index is 2.25. The van der Waals surface area contributed by atoms with Crippen LogP contribution in [0.4, 0.5) is 0 Å². The predicted octanol–water partition coefficient (Wildman–Crippen LogP) is 0.260. The molecule has 0 bridgehead atoms. The molecule has 1 aliphatic heterocycles. The second-order valence-electron chi connectivity index (χ2n) is 7.22. The molecule has 26 heavy (non-hydrogen) atoms. The normalized spacial score (nSPS) is 26.0. The van der Waals surface area contributed by atoms with Gasteiger partial charge in [0, 0.05) is 19.7 Å². The molecule has 2 heterocycles. The number of carbonyl (C=O) groups excluding carboxylic acids is 1. The summed E-state index contributed by atoms with van der Waals surface area (Å²) in [5.74, 6) is -0.273. The first-order valence-electron chi connectivity index (χ1n) is 8.27. The number of rotatable bonds is 6. The summed E-state index contributed by atoms with van der Waals surface area (Å²) in [6, 6.07) is 0. The molecule has 1 amide bonds. The zero-order valence-corrected chi connectivity index (χ0v) is 16.8. The fraction of sp³-hybridized carbons (Fsp3) is 0.625. The smallest absolute Gasteiger partial charge is 0.256 e. The summed E-state index contributed by atoms with van der Waals surface area (Å²) in [6.45, 7) is 4.27. The quantitative estimate of drug-likeness (QED) is 0.400. The third kappa shape index (κ3) is 5.14. The van der Waals surface area contributed by atoms with Crippen LogP contribution in [0.2, 0.25) is 0 Å². The van der Waals surface area contributed by atoms with E-state index in [0.29, 0.717) is 6.42 Å². The number of aliphatic hydroxyl groups excluding tert-OH is 2. The molecule has 4 N–H and O–H groups in total. The van der Waals surface area contributed by atoms with E-state index in [9.17, 15) is 19.8 Å². The van der Waals surface area contributed by atoms with Gasteiger partial charge in [-0.25, -0.2) is 0 Å². The van der Waals surface area contributed by atoms with Crippen LogP contribution in [0.1, 0.15) is 25.1 Å². The van der Waals surface area contributed by atoms with Gasteiger partial charge in [-0.05, 0) is 38.1 Å². The van der Waals surface area contributed by atoms with Crippen LogP contribution in [0.15, 0.2) is 11.0 Å². The number of amides is 1. The van der Waals surface area contributed by atoms with E-state index in [1.54, 1.807) is 0 Å². The molecule has 2 unspecified atom stereocenters. The molecule has 0 aliphatic carbocycles. The summed E-state index contributed by atoms with van der Waals surface area (Å²) in [5, 5.41) is 23.3. The van der Waals surface area contributed by atoms with E-state index in [1.165, 1.54) is 17.7 Å². The van der Waals surface area contributed by atoms with E-state index in [1.807, 2.05) is 0 Å². The van der Waals surface area contributed by atoms with Gasteiger partial charge in [0.2, 0.25) is 5.91 Å². The lowest BCUT2D eigenvalue weighted by molar-refractivity contribution is -0.119. The Morgan fingerprint density at radius 3 is 2.69 bits per heavy atom. The van der Waals surface area contributed by atoms with Crippen molar-refractivity contribution in [3.05, 3.63) is 26.9 Å². The van der Waals surface area contributed by atoms with E-state index in [0.717, 1.165) is 6.16 Å². The van der Waals surface area contributed by atoms with Crippen molar-refractivity contribution < 1.29 is 19.7 Å². The van der Waals surface area contributed by atoms with Gasteiger partial charge in [0.05, 0.1) is 11.7 Å². The molecule has 1 fully saturated rings. The van der Waals surface area contributed by atoms with Gasteiger partial charge in [0.15, 0.2) is 11.0 Å². The topological polar surface area (TPSA) is 117 Å². The number of aromatic nitrogens is 2. The van der Waals surface area contributed by atoms with Crippen LogP contribution >= 0.6 is 19.1 Å². The Bertz CT molecular complexity index is 830. The van der Waals surface area contributed by atoms with Crippen molar-refractivity contribution in [2.24, 2.45) is 0 Å². The number of aromatic amines is 1. The summed E-state index contributed by atoms with van der Waals surface area (Å²) in [7, 11) is 0. The fourth-order valence-electron chi connectivity index (χ4n) is 2.74. The van der Waals surface area contributed by atoms with Crippen molar-refractivity contribution in [2.75, 3.05) is 19.5 Å². The van der Waals surface area contributed by atoms with Gasteiger partial charge in [0.25, 0.3) is 5.56 Å². The number of hydrogen-bond donors (Lipinski definition) is 4. The molecule has 10 heteroatoms. The van der Waals surface area contributed by atoms with Crippen LogP contribution in [0, 0.1) is 4.77 Å². The molecule has 146 valence electrons. The summed E-state index contributed by atoms with van der Waals surface area (Å²) in [4.78, 5) is 25.6. The van der Waals surface area contributed by atoms with Gasteiger partial charge >= 0.3 is 0 Å². The van der Waals surface area contributed by atoms with Gasteiger partial charge in [0.1, 0.15) is 12.2 Å². The third-order valence-corrected chi connectivity index (χ3v) is 5.98. The summed E-state index contributed by atoms with van der Waals surface area (Å²) < 4.78 is 7.33. The number of hydrogen-bond acceptors (Lipinski definition) is 6. The van der Waals surface area contributed by atoms with Crippen LogP contribution in [-0.4, -0.2) is 69.8 Å². The molecule has 1 aromatic heterocycles. The van der Waals surface area contributed by atoms with Crippen LogP contribution in [0.5, 0.6) is 0 Å². The lowest BCUT2D eigenvalue weighted by Crippen LogP contribution is -2.33. The molecule has 8 nitrogen and oxygen atoms in total. The number of ether oxygens (including phenoxy) is 1. The minimum absolute atomic E-state index is 0.0231. The SMILES string of the molecule is C=P(C)(C)CCC1OC(n2cc(CNC(C)=O)c(=O)[nH]c2=S)[C@H](O)[C@@H]1O. The van der Waals surface area contributed by atoms with Crippen molar-refractivity contribution in [2.45, 2.75) is 44.4 Å². The van der Waals surface area contributed by atoms with Gasteiger partial charge < -0.3 is 20.3 Å². The molecule has 1 saturated heterocycles. The van der Waals surface area contributed by atoms with Gasteiger partial charge in [-0.15, -0.1) is 13.2 Å². The lowest BCUT2D eigenvalue weighted by atomic mass is 10.1. The first-order valence-corrected chi connectivity index (χ1v) is 11.7. The predicted molar refractivity (Wildman–Crippen MR) is 105 cm³/mol.